The first-order chi connectivity index (χ1) is 11.9. The van der Waals surface area contributed by atoms with Crippen LogP contribution >= 0.6 is 0 Å². The van der Waals surface area contributed by atoms with Crippen molar-refractivity contribution in [2.24, 2.45) is 5.92 Å². The number of benzene rings is 2. The summed E-state index contributed by atoms with van der Waals surface area (Å²) in [5.74, 6) is 5.72. The molecule has 1 aliphatic heterocycles. The topological polar surface area (TPSA) is 52.4 Å². The monoisotopic (exact) mass is 339 g/mol. The average molecular weight is 339 g/mol. The summed E-state index contributed by atoms with van der Waals surface area (Å²) in [7, 11) is 0. The zero-order valence-electron chi connectivity index (χ0n) is 14.0. The molecule has 0 unspecified atom stereocenters. The molecule has 1 aliphatic rings. The van der Waals surface area contributed by atoms with E-state index in [-0.39, 0.29) is 12.3 Å². The molecule has 0 N–H and O–H groups in total. The zero-order valence-corrected chi connectivity index (χ0v) is 14.0. The van der Waals surface area contributed by atoms with E-state index in [1.54, 1.807) is 6.07 Å². The number of alkyl halides is 1. The van der Waals surface area contributed by atoms with Gasteiger partial charge in [-0.25, -0.2) is 4.39 Å². The number of non-ortho nitro benzene ring substituents is 1. The van der Waals surface area contributed by atoms with Crippen molar-refractivity contribution < 1.29 is 14.1 Å². The van der Waals surface area contributed by atoms with Crippen LogP contribution in [0, 0.1) is 27.9 Å². The second-order valence-electron chi connectivity index (χ2n) is 6.57. The zero-order chi connectivity index (χ0) is 18.0. The van der Waals surface area contributed by atoms with Gasteiger partial charge in [0.25, 0.3) is 5.69 Å². The summed E-state index contributed by atoms with van der Waals surface area (Å²) >= 11 is 0. The fraction of sp³-hybridized carbons (Fsp3) is 0.300. The predicted molar refractivity (Wildman–Crippen MR) is 93.3 cm³/mol. The lowest BCUT2D eigenvalue weighted by Crippen LogP contribution is -2.38. The molecule has 1 heterocycles. The Hall–Kier alpha value is -2.87. The lowest BCUT2D eigenvalue weighted by atomic mass is 9.76. The van der Waals surface area contributed by atoms with E-state index in [0.717, 1.165) is 5.56 Å². The van der Waals surface area contributed by atoms with Crippen molar-refractivity contribution in [3.05, 3.63) is 69.8 Å². The fourth-order valence-corrected chi connectivity index (χ4v) is 2.97. The number of nitrogens with zero attached hydrogens (tertiary/aromatic N) is 1. The van der Waals surface area contributed by atoms with Crippen molar-refractivity contribution in [3.63, 3.8) is 0 Å². The molecule has 2 aromatic rings. The number of ether oxygens (including phenoxy) is 1. The van der Waals surface area contributed by atoms with E-state index in [1.807, 2.05) is 30.3 Å². The lowest BCUT2D eigenvalue weighted by Gasteiger charge is -2.36. The molecule has 0 amide bonds. The minimum Gasteiger partial charge on any atom is -0.493 e. The normalized spacial score (nSPS) is 19.2. The number of rotatable bonds is 2. The highest BCUT2D eigenvalue weighted by Gasteiger charge is 2.41. The Bertz CT molecular complexity index is 847. The molecule has 2 atom stereocenters. The van der Waals surface area contributed by atoms with E-state index >= 15 is 0 Å². The third kappa shape index (κ3) is 3.63. The number of hydrogen-bond donors (Lipinski definition) is 0. The molecule has 2 aromatic carbocycles. The Labute approximate surface area is 145 Å². The largest absolute Gasteiger partial charge is 0.493 e. The highest BCUT2D eigenvalue weighted by Crippen LogP contribution is 2.43. The first-order valence-electron chi connectivity index (χ1n) is 8.03. The minimum atomic E-state index is -1.53. The number of halogens is 1. The van der Waals surface area contributed by atoms with Crippen molar-refractivity contribution in [1.29, 1.82) is 0 Å². The van der Waals surface area contributed by atoms with Crippen molar-refractivity contribution in [1.82, 2.24) is 0 Å². The summed E-state index contributed by atoms with van der Waals surface area (Å²) in [6, 6.07) is 13.8. The van der Waals surface area contributed by atoms with E-state index in [0.29, 0.717) is 11.3 Å². The van der Waals surface area contributed by atoms with Gasteiger partial charge in [-0.2, -0.15) is 0 Å². The van der Waals surface area contributed by atoms with Crippen LogP contribution in [-0.2, 0) is 0 Å². The smallest absolute Gasteiger partial charge is 0.270 e. The van der Waals surface area contributed by atoms with Crippen molar-refractivity contribution in [2.75, 3.05) is 6.61 Å². The van der Waals surface area contributed by atoms with E-state index in [9.17, 15) is 14.5 Å². The Morgan fingerprint density at radius 3 is 2.60 bits per heavy atom. The Morgan fingerprint density at radius 2 is 1.96 bits per heavy atom. The summed E-state index contributed by atoms with van der Waals surface area (Å²) in [5, 5.41) is 11.1. The fourth-order valence-electron chi connectivity index (χ4n) is 2.97. The van der Waals surface area contributed by atoms with Crippen LogP contribution in [0.5, 0.6) is 5.75 Å². The van der Waals surface area contributed by atoms with Crippen LogP contribution in [0.2, 0.25) is 0 Å². The highest BCUT2D eigenvalue weighted by molar-refractivity contribution is 5.51. The van der Waals surface area contributed by atoms with Crippen molar-refractivity contribution in [2.45, 2.75) is 25.4 Å². The van der Waals surface area contributed by atoms with Crippen LogP contribution in [0.3, 0.4) is 0 Å². The van der Waals surface area contributed by atoms with E-state index in [2.05, 4.69) is 11.8 Å². The molecule has 0 spiro atoms. The first-order valence-corrected chi connectivity index (χ1v) is 8.03. The summed E-state index contributed by atoms with van der Waals surface area (Å²) in [6.45, 7) is 3.16. The molecule has 0 aliphatic carbocycles. The Balaban J connectivity index is 2.08. The third-order valence-corrected chi connectivity index (χ3v) is 4.39. The Morgan fingerprint density at radius 1 is 1.24 bits per heavy atom. The van der Waals surface area contributed by atoms with E-state index < -0.39 is 22.4 Å². The van der Waals surface area contributed by atoms with Gasteiger partial charge in [0.05, 0.1) is 17.4 Å². The average Bonchev–Trinajstić information content (AvgIpc) is 2.59. The number of hydrogen-bond acceptors (Lipinski definition) is 3. The van der Waals surface area contributed by atoms with E-state index in [1.165, 1.54) is 26.0 Å². The van der Waals surface area contributed by atoms with Gasteiger partial charge in [-0.15, -0.1) is 0 Å². The SMILES string of the molecule is CC(C)(F)[C@@H]1COc2ccc([N+](=O)[O-])cc2[C@@H]1C#Cc1ccccc1. The summed E-state index contributed by atoms with van der Waals surface area (Å²) in [5.41, 5.74) is -0.194. The van der Waals surface area contributed by atoms with E-state index in [4.69, 9.17) is 4.74 Å². The van der Waals surface area contributed by atoms with Gasteiger partial charge in [-0.3, -0.25) is 10.1 Å². The Kier molecular flexibility index (Phi) is 4.45. The predicted octanol–water partition coefficient (Wildman–Crippen LogP) is 4.49. The molecule has 0 bridgehead atoms. The standard InChI is InChI=1S/C20H18FNO3/c1-20(2,21)18-13-25-19-11-9-15(22(23)24)12-17(19)16(18)10-8-14-6-4-3-5-7-14/h3-7,9,11-12,16,18H,13H2,1-2H3/t16-,18+/m0/s1. The minimum absolute atomic E-state index is 0.0498. The second-order valence-corrected chi connectivity index (χ2v) is 6.57. The van der Waals surface area contributed by atoms with Crippen LogP contribution in [0.1, 0.15) is 30.9 Å². The molecule has 25 heavy (non-hydrogen) atoms. The lowest BCUT2D eigenvalue weighted by molar-refractivity contribution is -0.385. The maximum atomic E-state index is 14.7. The summed E-state index contributed by atoms with van der Waals surface area (Å²) in [4.78, 5) is 10.6. The molecule has 128 valence electrons. The van der Waals surface area contributed by atoms with Crippen LogP contribution in [0.15, 0.2) is 48.5 Å². The molecule has 0 saturated heterocycles. The van der Waals surface area contributed by atoms with Gasteiger partial charge in [-0.05, 0) is 32.0 Å². The van der Waals surface area contributed by atoms with Crippen LogP contribution in [0.25, 0.3) is 0 Å². The van der Waals surface area contributed by atoms with Gasteiger partial charge in [0.2, 0.25) is 0 Å². The van der Waals surface area contributed by atoms with Gasteiger partial charge >= 0.3 is 0 Å². The van der Waals surface area contributed by atoms with Crippen molar-refractivity contribution >= 4 is 5.69 Å². The molecule has 4 nitrogen and oxygen atoms in total. The second kappa shape index (κ2) is 6.56. The summed E-state index contributed by atoms with van der Waals surface area (Å²) in [6.07, 6.45) is 0. The highest BCUT2D eigenvalue weighted by atomic mass is 19.1. The first kappa shape index (κ1) is 17.0. The quantitative estimate of drug-likeness (QED) is 0.460. The van der Waals surface area contributed by atoms with Crippen LogP contribution < -0.4 is 4.74 Å². The molecule has 0 fully saturated rings. The molecule has 0 saturated carbocycles. The number of fused-ring (bicyclic) bond motifs is 1. The molecular weight excluding hydrogens is 321 g/mol. The van der Waals surface area contributed by atoms with Gasteiger partial charge in [0, 0.05) is 29.2 Å². The number of nitro groups is 1. The summed E-state index contributed by atoms with van der Waals surface area (Å²) < 4.78 is 20.4. The van der Waals surface area contributed by atoms with Gasteiger partial charge < -0.3 is 4.74 Å². The van der Waals surface area contributed by atoms with Crippen molar-refractivity contribution in [3.8, 4) is 17.6 Å². The molecule has 0 aromatic heterocycles. The van der Waals surface area contributed by atoms with Gasteiger partial charge in [-0.1, -0.05) is 30.0 Å². The number of nitro benzene ring substituents is 1. The maximum absolute atomic E-state index is 14.7. The van der Waals surface area contributed by atoms with Gasteiger partial charge in [0.15, 0.2) is 0 Å². The molecule has 5 heteroatoms. The van der Waals surface area contributed by atoms with Crippen LogP contribution in [0.4, 0.5) is 10.1 Å². The molecule has 0 radical (unpaired) electrons. The molecular formula is C20H18FNO3. The molecule has 3 rings (SSSR count). The van der Waals surface area contributed by atoms with Crippen LogP contribution in [-0.4, -0.2) is 17.2 Å². The maximum Gasteiger partial charge on any atom is 0.270 e. The third-order valence-electron chi connectivity index (χ3n) is 4.39. The van der Waals surface area contributed by atoms with Gasteiger partial charge in [0.1, 0.15) is 11.4 Å².